The molecule has 1 unspecified atom stereocenters. The second-order valence-electron chi connectivity index (χ2n) is 6.22. The molecule has 0 saturated carbocycles. The summed E-state index contributed by atoms with van der Waals surface area (Å²) in [7, 11) is 1.49. The Bertz CT molecular complexity index is 911. The van der Waals surface area contributed by atoms with Gasteiger partial charge in [-0.2, -0.15) is 0 Å². The molecule has 1 atom stereocenters. The van der Waals surface area contributed by atoms with Gasteiger partial charge < -0.3 is 25.2 Å². The summed E-state index contributed by atoms with van der Waals surface area (Å²) in [6.07, 6.45) is 0.694. The largest absolute Gasteiger partial charge is 0.497 e. The van der Waals surface area contributed by atoms with Gasteiger partial charge in [-0.05, 0) is 41.5 Å². The second kappa shape index (κ2) is 8.43. The van der Waals surface area contributed by atoms with E-state index in [2.05, 4.69) is 10.6 Å². The van der Waals surface area contributed by atoms with Crippen LogP contribution in [0.4, 0.5) is 0 Å². The van der Waals surface area contributed by atoms with Crippen LogP contribution >= 0.6 is 0 Å². The van der Waals surface area contributed by atoms with Crippen molar-refractivity contribution in [1.82, 2.24) is 10.6 Å². The zero-order chi connectivity index (χ0) is 20.1. The average molecular weight is 384 g/mol. The third kappa shape index (κ3) is 4.40. The van der Waals surface area contributed by atoms with Crippen LogP contribution in [0.2, 0.25) is 0 Å². The van der Waals surface area contributed by atoms with E-state index in [4.69, 9.17) is 9.47 Å². The number of carbonyl (C=O) groups excluding carboxylic acids is 2. The Morgan fingerprint density at radius 1 is 1.21 bits per heavy atom. The molecule has 1 aliphatic heterocycles. The number of carboxylic acids is 1. The van der Waals surface area contributed by atoms with Crippen LogP contribution in [-0.4, -0.2) is 43.2 Å². The molecule has 0 fully saturated rings. The molecule has 1 aliphatic rings. The number of carboxylic acid groups (broad SMARTS) is 1. The number of hydrogen-bond acceptors (Lipinski definition) is 5. The molecule has 0 bridgehead atoms. The Balaban J connectivity index is 1.61. The maximum absolute atomic E-state index is 12.2. The van der Waals surface area contributed by atoms with E-state index in [0.717, 1.165) is 11.3 Å². The highest BCUT2D eigenvalue weighted by atomic mass is 16.5. The number of ether oxygens (including phenoxy) is 2. The molecule has 0 aliphatic carbocycles. The summed E-state index contributed by atoms with van der Waals surface area (Å²) in [6.45, 7) is 0.201. The Hall–Kier alpha value is -3.55. The first kappa shape index (κ1) is 19.2. The number of rotatable bonds is 7. The van der Waals surface area contributed by atoms with Crippen LogP contribution in [0, 0.1) is 0 Å². The molecule has 8 heteroatoms. The van der Waals surface area contributed by atoms with Crippen molar-refractivity contribution in [2.45, 2.75) is 12.5 Å². The van der Waals surface area contributed by atoms with Gasteiger partial charge in [0.2, 0.25) is 5.91 Å². The third-order valence-corrected chi connectivity index (χ3v) is 4.34. The summed E-state index contributed by atoms with van der Waals surface area (Å²) in [4.78, 5) is 36.0. The van der Waals surface area contributed by atoms with Crippen LogP contribution in [0.1, 0.15) is 27.5 Å². The molecular weight excluding hydrogens is 364 g/mol. The maximum atomic E-state index is 12.2. The Morgan fingerprint density at radius 3 is 2.79 bits per heavy atom. The molecule has 2 aromatic rings. The zero-order valence-electron chi connectivity index (χ0n) is 15.2. The molecule has 2 aromatic carbocycles. The highest BCUT2D eigenvalue weighted by Gasteiger charge is 2.24. The van der Waals surface area contributed by atoms with Crippen molar-refractivity contribution in [2.24, 2.45) is 0 Å². The van der Waals surface area contributed by atoms with Crippen LogP contribution in [0.15, 0.2) is 42.5 Å². The lowest BCUT2D eigenvalue weighted by Crippen LogP contribution is -2.41. The van der Waals surface area contributed by atoms with Crippen LogP contribution in [0.3, 0.4) is 0 Å². The number of benzene rings is 2. The molecule has 8 nitrogen and oxygen atoms in total. The number of nitrogens with one attached hydrogen (secondary N) is 2. The summed E-state index contributed by atoms with van der Waals surface area (Å²) < 4.78 is 10.5. The van der Waals surface area contributed by atoms with Crippen LogP contribution < -0.4 is 20.1 Å². The fourth-order valence-electron chi connectivity index (χ4n) is 2.91. The number of hydrogen-bond donors (Lipinski definition) is 3. The van der Waals surface area contributed by atoms with Crippen LogP contribution in [-0.2, 0) is 16.0 Å². The first-order chi connectivity index (χ1) is 13.5. The van der Waals surface area contributed by atoms with E-state index in [0.29, 0.717) is 29.9 Å². The number of aliphatic carboxylic acids is 1. The van der Waals surface area contributed by atoms with E-state index in [1.165, 1.54) is 7.11 Å². The summed E-state index contributed by atoms with van der Waals surface area (Å²) in [5.41, 5.74) is 1.69. The summed E-state index contributed by atoms with van der Waals surface area (Å²) >= 11 is 0. The smallest absolute Gasteiger partial charge is 0.330 e. The van der Waals surface area contributed by atoms with Gasteiger partial charge in [0.05, 0.1) is 20.3 Å². The summed E-state index contributed by atoms with van der Waals surface area (Å²) in [5.74, 6) is -1.02. The molecule has 0 aromatic heterocycles. The first-order valence-electron chi connectivity index (χ1n) is 8.68. The predicted molar refractivity (Wildman–Crippen MR) is 99.5 cm³/mol. The molecule has 28 heavy (non-hydrogen) atoms. The molecule has 3 rings (SSSR count). The first-order valence-corrected chi connectivity index (χ1v) is 8.68. The van der Waals surface area contributed by atoms with Gasteiger partial charge in [0.25, 0.3) is 5.91 Å². The predicted octanol–water partition coefficient (Wildman–Crippen LogP) is 1.30. The van der Waals surface area contributed by atoms with Gasteiger partial charge in [-0.1, -0.05) is 12.1 Å². The second-order valence-corrected chi connectivity index (χ2v) is 6.22. The number of methoxy groups -OCH3 is 1. The van der Waals surface area contributed by atoms with E-state index in [1.54, 1.807) is 42.5 Å². The Labute approximate surface area is 161 Å². The minimum atomic E-state index is -1.22. The van der Waals surface area contributed by atoms with Gasteiger partial charge in [0.1, 0.15) is 11.5 Å². The van der Waals surface area contributed by atoms with Gasteiger partial charge in [-0.25, -0.2) is 4.79 Å². The average Bonchev–Trinajstić information content (AvgIpc) is 3.17. The molecule has 2 amide bonds. The fourth-order valence-corrected chi connectivity index (χ4v) is 2.91. The van der Waals surface area contributed by atoms with Crippen molar-refractivity contribution in [2.75, 3.05) is 20.3 Å². The van der Waals surface area contributed by atoms with Gasteiger partial charge in [-0.15, -0.1) is 0 Å². The van der Waals surface area contributed by atoms with Crippen LogP contribution in [0.5, 0.6) is 11.5 Å². The van der Waals surface area contributed by atoms with Crippen molar-refractivity contribution in [1.29, 1.82) is 0 Å². The van der Waals surface area contributed by atoms with Crippen molar-refractivity contribution in [3.8, 4) is 11.5 Å². The molecule has 1 heterocycles. The van der Waals surface area contributed by atoms with Crippen LogP contribution in [0.25, 0.3) is 0 Å². The zero-order valence-corrected chi connectivity index (χ0v) is 15.2. The number of fused-ring (bicyclic) bond motifs is 1. The lowest BCUT2D eigenvalue weighted by atomic mass is 10.0. The number of amides is 2. The summed E-state index contributed by atoms with van der Waals surface area (Å²) in [6, 6.07) is 10.3. The maximum Gasteiger partial charge on any atom is 0.330 e. The lowest BCUT2D eigenvalue weighted by molar-refractivity contribution is -0.141. The SMILES string of the molecule is COc1cccc(C(=O)NCC(=O)NC(C(=O)O)c2ccc3c(c2)CCO3)c1. The normalized spacial score (nSPS) is 13.0. The molecule has 0 radical (unpaired) electrons. The molecule has 0 spiro atoms. The summed E-state index contributed by atoms with van der Waals surface area (Å²) in [5, 5.41) is 14.4. The van der Waals surface area contributed by atoms with Gasteiger partial charge in [0, 0.05) is 12.0 Å². The Kier molecular flexibility index (Phi) is 5.78. The highest BCUT2D eigenvalue weighted by Crippen LogP contribution is 2.28. The van der Waals surface area contributed by atoms with Gasteiger partial charge in [0.15, 0.2) is 6.04 Å². The quantitative estimate of drug-likeness (QED) is 0.663. The minimum Gasteiger partial charge on any atom is -0.497 e. The van der Waals surface area contributed by atoms with Crippen molar-refractivity contribution >= 4 is 17.8 Å². The van der Waals surface area contributed by atoms with E-state index in [-0.39, 0.29) is 6.54 Å². The van der Waals surface area contributed by atoms with E-state index in [1.807, 2.05) is 0 Å². The third-order valence-electron chi connectivity index (χ3n) is 4.34. The Morgan fingerprint density at radius 2 is 2.04 bits per heavy atom. The van der Waals surface area contributed by atoms with Gasteiger partial charge in [-0.3, -0.25) is 9.59 Å². The van der Waals surface area contributed by atoms with Crippen molar-refractivity contribution < 1.29 is 29.0 Å². The fraction of sp³-hybridized carbons (Fsp3) is 0.250. The minimum absolute atomic E-state index is 0.334. The van der Waals surface area contributed by atoms with Crippen molar-refractivity contribution in [3.63, 3.8) is 0 Å². The topological polar surface area (TPSA) is 114 Å². The molecule has 146 valence electrons. The molecule has 0 saturated heterocycles. The lowest BCUT2D eigenvalue weighted by Gasteiger charge is -2.16. The van der Waals surface area contributed by atoms with Gasteiger partial charge >= 0.3 is 5.97 Å². The number of carbonyl (C=O) groups is 3. The van der Waals surface area contributed by atoms with E-state index >= 15 is 0 Å². The monoisotopic (exact) mass is 384 g/mol. The van der Waals surface area contributed by atoms with E-state index in [9.17, 15) is 19.5 Å². The standard InChI is InChI=1S/C20H20N2O6/c1-27-15-4-2-3-14(10-15)19(24)21-11-17(23)22-18(20(25)26)13-5-6-16-12(9-13)7-8-28-16/h2-6,9-10,18H,7-8,11H2,1H3,(H,21,24)(H,22,23)(H,25,26). The highest BCUT2D eigenvalue weighted by molar-refractivity contribution is 5.97. The molecular formula is C20H20N2O6. The van der Waals surface area contributed by atoms with E-state index < -0.39 is 23.8 Å². The molecule has 3 N–H and O–H groups in total. The van der Waals surface area contributed by atoms with Crippen molar-refractivity contribution in [3.05, 3.63) is 59.2 Å².